The van der Waals surface area contributed by atoms with Crippen LogP contribution in [0.2, 0.25) is 10.0 Å². The van der Waals surface area contributed by atoms with Gasteiger partial charge in [0.15, 0.2) is 6.61 Å². The predicted molar refractivity (Wildman–Crippen MR) is 130 cm³/mol. The molecule has 0 fully saturated rings. The molecule has 0 unspecified atom stereocenters. The molecule has 0 aliphatic carbocycles. The normalized spacial score (nSPS) is 12.7. The van der Waals surface area contributed by atoms with E-state index < -0.39 is 6.04 Å². The van der Waals surface area contributed by atoms with Crippen molar-refractivity contribution >= 4 is 35.0 Å². The molecule has 0 saturated carbocycles. The number of nitrogens with one attached hydrogen (secondary N) is 1. The van der Waals surface area contributed by atoms with Gasteiger partial charge in [0.25, 0.3) is 5.91 Å². The van der Waals surface area contributed by atoms with Crippen LogP contribution < -0.4 is 10.1 Å². The summed E-state index contributed by atoms with van der Waals surface area (Å²) in [6, 6.07) is 10.3. The van der Waals surface area contributed by atoms with Crippen LogP contribution in [0.5, 0.6) is 5.75 Å². The first-order valence-corrected chi connectivity index (χ1v) is 11.7. The topological polar surface area (TPSA) is 58.6 Å². The van der Waals surface area contributed by atoms with Gasteiger partial charge in [-0.1, -0.05) is 49.2 Å². The lowest BCUT2D eigenvalue weighted by molar-refractivity contribution is -0.143. The van der Waals surface area contributed by atoms with Crippen LogP contribution in [0.4, 0.5) is 0 Å². The van der Waals surface area contributed by atoms with E-state index in [0.717, 1.165) is 17.5 Å². The molecule has 32 heavy (non-hydrogen) atoms. The lowest BCUT2D eigenvalue weighted by Gasteiger charge is -2.32. The van der Waals surface area contributed by atoms with Gasteiger partial charge in [0.05, 0.1) is 0 Å². The van der Waals surface area contributed by atoms with Gasteiger partial charge in [-0.2, -0.15) is 0 Å². The number of benzene rings is 2. The van der Waals surface area contributed by atoms with E-state index in [1.165, 1.54) is 4.90 Å². The SMILES string of the molecule is CC[C@H](C)NC(=O)[C@H](CC)N(Cc1c(Cl)cccc1Cl)C(=O)COc1cc(C)cc(C)c1. The number of hydrogen-bond donors (Lipinski definition) is 1. The summed E-state index contributed by atoms with van der Waals surface area (Å²) in [6.45, 7) is 9.67. The van der Waals surface area contributed by atoms with E-state index in [9.17, 15) is 9.59 Å². The van der Waals surface area contributed by atoms with Crippen molar-refractivity contribution in [1.82, 2.24) is 10.2 Å². The second-order valence-electron chi connectivity index (χ2n) is 8.08. The number of carbonyl (C=O) groups is 2. The molecule has 0 saturated heterocycles. The van der Waals surface area contributed by atoms with Crippen LogP contribution in [0.25, 0.3) is 0 Å². The van der Waals surface area contributed by atoms with Crippen molar-refractivity contribution in [2.75, 3.05) is 6.61 Å². The maximum Gasteiger partial charge on any atom is 0.261 e. The minimum Gasteiger partial charge on any atom is -0.484 e. The van der Waals surface area contributed by atoms with Gasteiger partial charge in [-0.15, -0.1) is 0 Å². The Morgan fingerprint density at radius 1 is 1.03 bits per heavy atom. The smallest absolute Gasteiger partial charge is 0.261 e. The van der Waals surface area contributed by atoms with Crippen LogP contribution in [0.1, 0.15) is 50.3 Å². The molecule has 0 aliphatic rings. The molecule has 0 spiro atoms. The zero-order valence-corrected chi connectivity index (χ0v) is 20.9. The number of carbonyl (C=O) groups excluding carboxylic acids is 2. The number of rotatable bonds is 10. The monoisotopic (exact) mass is 478 g/mol. The Labute approximate surface area is 201 Å². The molecule has 0 bridgehead atoms. The number of halogens is 2. The van der Waals surface area contributed by atoms with Crippen molar-refractivity contribution < 1.29 is 14.3 Å². The van der Waals surface area contributed by atoms with Crippen molar-refractivity contribution in [1.29, 1.82) is 0 Å². The quantitative estimate of drug-likeness (QED) is 0.475. The molecule has 0 heterocycles. The van der Waals surface area contributed by atoms with Gasteiger partial charge in [0, 0.05) is 28.2 Å². The first-order chi connectivity index (χ1) is 15.2. The summed E-state index contributed by atoms with van der Waals surface area (Å²) in [5.74, 6) is 0.0970. The third-order valence-corrected chi connectivity index (χ3v) is 6.04. The van der Waals surface area contributed by atoms with Gasteiger partial charge in [0.2, 0.25) is 5.91 Å². The number of nitrogens with zero attached hydrogens (tertiary/aromatic N) is 1. The largest absolute Gasteiger partial charge is 0.484 e. The molecule has 2 aromatic rings. The first-order valence-electron chi connectivity index (χ1n) is 10.9. The number of amides is 2. The van der Waals surface area contributed by atoms with Crippen LogP contribution in [-0.4, -0.2) is 35.4 Å². The molecule has 0 aliphatic heterocycles. The van der Waals surface area contributed by atoms with E-state index in [0.29, 0.717) is 27.8 Å². The van der Waals surface area contributed by atoms with Crippen molar-refractivity contribution in [2.24, 2.45) is 0 Å². The maximum atomic E-state index is 13.3. The Morgan fingerprint density at radius 3 is 2.16 bits per heavy atom. The Bertz CT molecular complexity index is 908. The lowest BCUT2D eigenvalue weighted by atomic mass is 10.1. The molecule has 2 rings (SSSR count). The summed E-state index contributed by atoms with van der Waals surface area (Å²) >= 11 is 12.7. The average molecular weight is 479 g/mol. The van der Waals surface area contributed by atoms with Crippen LogP contribution in [0.3, 0.4) is 0 Å². The standard InChI is InChI=1S/C25H32Cl2N2O3/c1-6-18(5)28-25(31)23(7-2)29(14-20-21(26)9-8-10-22(20)27)24(30)15-32-19-12-16(3)11-17(4)13-19/h8-13,18,23H,6-7,14-15H2,1-5H3,(H,28,31)/t18-,23-/m0/s1. The van der Waals surface area contributed by atoms with Gasteiger partial charge in [0.1, 0.15) is 11.8 Å². The Balaban J connectivity index is 2.30. The molecule has 0 radical (unpaired) electrons. The molecule has 174 valence electrons. The van der Waals surface area contributed by atoms with Gasteiger partial charge < -0.3 is 15.0 Å². The van der Waals surface area contributed by atoms with Crippen LogP contribution >= 0.6 is 23.2 Å². The summed E-state index contributed by atoms with van der Waals surface area (Å²) in [7, 11) is 0. The molecular formula is C25H32Cl2N2O3. The lowest BCUT2D eigenvalue weighted by Crippen LogP contribution is -2.51. The Hall–Kier alpha value is -2.24. The van der Waals surface area contributed by atoms with Crippen molar-refractivity contribution in [3.63, 3.8) is 0 Å². The summed E-state index contributed by atoms with van der Waals surface area (Å²) in [5.41, 5.74) is 2.70. The summed E-state index contributed by atoms with van der Waals surface area (Å²) in [4.78, 5) is 27.8. The highest BCUT2D eigenvalue weighted by molar-refractivity contribution is 6.36. The van der Waals surface area contributed by atoms with Crippen LogP contribution in [-0.2, 0) is 16.1 Å². The maximum absolute atomic E-state index is 13.3. The highest BCUT2D eigenvalue weighted by atomic mass is 35.5. The average Bonchev–Trinajstić information content (AvgIpc) is 2.73. The van der Waals surface area contributed by atoms with Gasteiger partial charge >= 0.3 is 0 Å². The molecule has 2 amide bonds. The van der Waals surface area contributed by atoms with E-state index >= 15 is 0 Å². The fourth-order valence-corrected chi connectivity index (χ4v) is 3.98. The second kappa shape index (κ2) is 12.1. The predicted octanol–water partition coefficient (Wildman–Crippen LogP) is 5.71. The number of ether oxygens (including phenoxy) is 1. The van der Waals surface area contributed by atoms with Crippen LogP contribution in [0, 0.1) is 13.8 Å². The first kappa shape index (κ1) is 26.0. The summed E-state index contributed by atoms with van der Waals surface area (Å²) in [6.07, 6.45) is 1.24. The zero-order valence-electron chi connectivity index (χ0n) is 19.4. The Morgan fingerprint density at radius 2 is 1.62 bits per heavy atom. The molecule has 2 aromatic carbocycles. The van der Waals surface area contributed by atoms with E-state index in [-0.39, 0.29) is 31.0 Å². The minimum absolute atomic E-state index is 0.00363. The zero-order chi connectivity index (χ0) is 23.8. The second-order valence-corrected chi connectivity index (χ2v) is 8.89. The molecule has 0 aromatic heterocycles. The summed E-state index contributed by atoms with van der Waals surface area (Å²) in [5, 5.41) is 3.87. The van der Waals surface area contributed by atoms with E-state index in [1.807, 2.05) is 52.8 Å². The highest BCUT2D eigenvalue weighted by Crippen LogP contribution is 2.27. The Kier molecular flexibility index (Phi) is 9.85. The van der Waals surface area contributed by atoms with Gasteiger partial charge in [-0.3, -0.25) is 9.59 Å². The van der Waals surface area contributed by atoms with Gasteiger partial charge in [-0.25, -0.2) is 0 Å². The van der Waals surface area contributed by atoms with Crippen molar-refractivity contribution in [2.45, 2.75) is 66.1 Å². The van der Waals surface area contributed by atoms with E-state index in [1.54, 1.807) is 18.2 Å². The minimum atomic E-state index is -0.674. The van der Waals surface area contributed by atoms with Crippen molar-refractivity contribution in [3.05, 3.63) is 63.1 Å². The third-order valence-electron chi connectivity index (χ3n) is 5.33. The fraction of sp³-hybridized carbons (Fsp3) is 0.440. The van der Waals surface area contributed by atoms with E-state index in [2.05, 4.69) is 5.32 Å². The fourth-order valence-electron chi connectivity index (χ4n) is 3.46. The molecule has 7 heteroatoms. The highest BCUT2D eigenvalue weighted by Gasteiger charge is 2.30. The molecule has 5 nitrogen and oxygen atoms in total. The molecular weight excluding hydrogens is 447 g/mol. The third kappa shape index (κ3) is 7.14. The van der Waals surface area contributed by atoms with Gasteiger partial charge in [-0.05, 0) is 69.0 Å². The van der Waals surface area contributed by atoms with Crippen LogP contribution in [0.15, 0.2) is 36.4 Å². The van der Waals surface area contributed by atoms with Crippen molar-refractivity contribution in [3.8, 4) is 5.75 Å². The number of hydrogen-bond acceptors (Lipinski definition) is 3. The molecule has 2 atom stereocenters. The number of aryl methyl sites for hydroxylation is 2. The van der Waals surface area contributed by atoms with E-state index in [4.69, 9.17) is 27.9 Å². The molecule has 1 N–H and O–H groups in total. The summed E-state index contributed by atoms with van der Waals surface area (Å²) < 4.78 is 5.80.